The maximum Gasteiger partial charge on any atom is 0.252 e. The summed E-state index contributed by atoms with van der Waals surface area (Å²) in [4.78, 5) is 58.2. The van der Waals surface area contributed by atoms with Crippen molar-refractivity contribution in [3.8, 4) is 0 Å². The fourth-order valence-electron chi connectivity index (χ4n) is 6.17. The molecule has 2 aromatic carbocycles. The number of rotatable bonds is 11. The minimum Gasteiger partial charge on any atom is -0.392 e. The number of benzene rings is 2. The quantitative estimate of drug-likeness (QED) is 0.403. The Morgan fingerprint density at radius 2 is 1.79 bits per heavy atom. The maximum absolute atomic E-state index is 14.4. The molecule has 4 rings (SSSR count). The number of anilines is 1. The first-order valence-electron chi connectivity index (χ1n) is 15.0. The molecule has 2 aromatic rings. The number of imide groups is 1. The van der Waals surface area contributed by atoms with E-state index in [0.717, 1.165) is 34.9 Å². The average molecular weight is 574 g/mol. The van der Waals surface area contributed by atoms with E-state index in [4.69, 9.17) is 5.73 Å². The summed E-state index contributed by atoms with van der Waals surface area (Å²) in [6.07, 6.45) is 8.72. The monoisotopic (exact) mass is 573 g/mol. The SMILES string of the molecule is CCCC[C@H](C)[C@@H](O)CC(=O)N1C(=O)[C@@H](C)N(c2ccc3ccccc3c2)C(=O)[C@H]1CC1(C(=O)[C@H](C)N)C=CC=CC1. The van der Waals surface area contributed by atoms with Crippen LogP contribution in [0.5, 0.6) is 0 Å². The molecule has 3 N–H and O–H groups in total. The molecule has 0 aromatic heterocycles. The molecule has 1 aliphatic heterocycles. The van der Waals surface area contributed by atoms with E-state index in [-0.39, 0.29) is 24.5 Å². The highest BCUT2D eigenvalue weighted by Crippen LogP contribution is 2.40. The van der Waals surface area contributed by atoms with Crippen LogP contribution >= 0.6 is 0 Å². The third-order valence-electron chi connectivity index (χ3n) is 8.76. The number of hydrogen-bond acceptors (Lipinski definition) is 6. The normalized spacial score (nSPS) is 24.6. The Hall–Kier alpha value is -3.62. The smallest absolute Gasteiger partial charge is 0.252 e. The maximum atomic E-state index is 14.4. The lowest BCUT2D eigenvalue weighted by Crippen LogP contribution is -2.67. The van der Waals surface area contributed by atoms with Gasteiger partial charge < -0.3 is 10.8 Å². The fourth-order valence-corrected chi connectivity index (χ4v) is 6.17. The number of ketones is 1. The van der Waals surface area contributed by atoms with Gasteiger partial charge in [-0.15, -0.1) is 0 Å². The molecule has 2 aliphatic rings. The number of unbranched alkanes of at least 4 members (excludes halogenated alkanes) is 1. The van der Waals surface area contributed by atoms with E-state index in [2.05, 4.69) is 6.92 Å². The standard InChI is InChI=1S/C34H43N3O5/c1-5-6-12-22(2)29(38)20-30(39)37-28(21-34(31(40)23(3)35)17-10-7-11-18-34)33(42)36(24(4)32(37)41)27-16-15-25-13-8-9-14-26(25)19-27/h7-11,13-17,19,22-24,28-29,38H,5-6,12,18,20-21,35H2,1-4H3/t22-,23-,24+,28+,29-,34?/m0/s1. The molecule has 42 heavy (non-hydrogen) atoms. The van der Waals surface area contributed by atoms with Crippen LogP contribution in [-0.4, -0.2) is 57.7 Å². The van der Waals surface area contributed by atoms with Crippen molar-refractivity contribution in [1.82, 2.24) is 4.90 Å². The molecule has 0 spiro atoms. The number of hydrogen-bond donors (Lipinski definition) is 2. The molecule has 1 saturated heterocycles. The number of amides is 3. The van der Waals surface area contributed by atoms with Gasteiger partial charge in [0.15, 0.2) is 5.78 Å². The number of nitrogens with two attached hydrogens (primary N) is 1. The molecule has 1 fully saturated rings. The molecule has 0 radical (unpaired) electrons. The number of fused-ring (bicyclic) bond motifs is 1. The molecule has 3 amide bonds. The zero-order valence-corrected chi connectivity index (χ0v) is 25.0. The summed E-state index contributed by atoms with van der Waals surface area (Å²) in [6.45, 7) is 7.15. The first-order valence-corrected chi connectivity index (χ1v) is 15.0. The minimum atomic E-state index is -1.25. The Kier molecular flexibility index (Phi) is 9.79. The van der Waals surface area contributed by atoms with Crippen LogP contribution in [0.2, 0.25) is 0 Å². The lowest BCUT2D eigenvalue weighted by atomic mass is 9.70. The number of aliphatic hydroxyl groups is 1. The second-order valence-electron chi connectivity index (χ2n) is 11.9. The van der Waals surface area contributed by atoms with Gasteiger partial charge in [0.2, 0.25) is 5.91 Å². The van der Waals surface area contributed by atoms with E-state index >= 15 is 0 Å². The van der Waals surface area contributed by atoms with E-state index in [1.165, 1.54) is 4.90 Å². The highest BCUT2D eigenvalue weighted by molar-refractivity contribution is 6.14. The molecule has 8 nitrogen and oxygen atoms in total. The summed E-state index contributed by atoms with van der Waals surface area (Å²) in [5, 5.41) is 12.8. The molecule has 6 atom stereocenters. The van der Waals surface area contributed by atoms with Gasteiger partial charge >= 0.3 is 0 Å². The van der Waals surface area contributed by atoms with Crippen LogP contribution in [0.25, 0.3) is 10.8 Å². The van der Waals surface area contributed by atoms with Crippen molar-refractivity contribution in [2.24, 2.45) is 17.1 Å². The number of carbonyl (C=O) groups is 4. The van der Waals surface area contributed by atoms with Gasteiger partial charge in [-0.1, -0.05) is 81.3 Å². The van der Waals surface area contributed by atoms with Gasteiger partial charge in [0, 0.05) is 5.69 Å². The Morgan fingerprint density at radius 3 is 2.43 bits per heavy atom. The van der Waals surface area contributed by atoms with Crippen molar-refractivity contribution in [3.63, 3.8) is 0 Å². The molecule has 224 valence electrons. The largest absolute Gasteiger partial charge is 0.392 e. The second-order valence-corrected chi connectivity index (χ2v) is 11.9. The van der Waals surface area contributed by atoms with Gasteiger partial charge in [0.05, 0.1) is 24.0 Å². The van der Waals surface area contributed by atoms with Gasteiger partial charge in [-0.25, -0.2) is 0 Å². The van der Waals surface area contributed by atoms with Crippen LogP contribution in [0.3, 0.4) is 0 Å². The average Bonchev–Trinajstić information content (AvgIpc) is 2.98. The van der Waals surface area contributed by atoms with Crippen molar-refractivity contribution in [2.75, 3.05) is 4.90 Å². The van der Waals surface area contributed by atoms with Gasteiger partial charge in [0.1, 0.15) is 12.1 Å². The predicted molar refractivity (Wildman–Crippen MR) is 164 cm³/mol. The van der Waals surface area contributed by atoms with Crippen molar-refractivity contribution < 1.29 is 24.3 Å². The van der Waals surface area contributed by atoms with Crippen molar-refractivity contribution in [3.05, 3.63) is 66.8 Å². The number of nitrogens with zero attached hydrogens (tertiary/aromatic N) is 2. The summed E-state index contributed by atoms with van der Waals surface area (Å²) < 4.78 is 0. The van der Waals surface area contributed by atoms with E-state index in [0.29, 0.717) is 12.1 Å². The van der Waals surface area contributed by atoms with E-state index < -0.39 is 47.4 Å². The lowest BCUT2D eigenvalue weighted by molar-refractivity contribution is -0.159. The summed E-state index contributed by atoms with van der Waals surface area (Å²) >= 11 is 0. The lowest BCUT2D eigenvalue weighted by Gasteiger charge is -2.46. The van der Waals surface area contributed by atoms with Crippen LogP contribution in [-0.2, 0) is 19.2 Å². The Labute approximate surface area is 248 Å². The zero-order chi connectivity index (χ0) is 30.6. The summed E-state index contributed by atoms with van der Waals surface area (Å²) in [6, 6.07) is 10.3. The van der Waals surface area contributed by atoms with Crippen LogP contribution < -0.4 is 10.6 Å². The Bertz CT molecular complexity index is 1400. The molecule has 0 saturated carbocycles. The molecular formula is C34H43N3O5. The van der Waals surface area contributed by atoms with Crippen molar-refractivity contribution in [2.45, 2.75) is 90.4 Å². The van der Waals surface area contributed by atoms with Gasteiger partial charge in [0.25, 0.3) is 11.8 Å². The van der Waals surface area contributed by atoms with Gasteiger partial charge in [-0.05, 0) is 61.9 Å². The molecule has 1 unspecified atom stereocenters. The van der Waals surface area contributed by atoms with Crippen LogP contribution in [0.15, 0.2) is 66.8 Å². The van der Waals surface area contributed by atoms with Crippen molar-refractivity contribution >= 4 is 40.0 Å². The molecule has 8 heteroatoms. The Balaban J connectivity index is 1.75. The molecular weight excluding hydrogens is 530 g/mol. The molecule has 1 heterocycles. The van der Waals surface area contributed by atoms with Crippen LogP contribution in [0.4, 0.5) is 5.69 Å². The highest BCUT2D eigenvalue weighted by Gasteiger charge is 2.52. The van der Waals surface area contributed by atoms with Crippen LogP contribution in [0.1, 0.15) is 66.2 Å². The number of Topliss-reactive ketones (excluding diaryl/α,β-unsaturated/α-hetero) is 1. The Morgan fingerprint density at radius 1 is 1.07 bits per heavy atom. The number of piperazine rings is 1. The fraction of sp³-hybridized carbons (Fsp3) is 0.471. The summed E-state index contributed by atoms with van der Waals surface area (Å²) in [7, 11) is 0. The van der Waals surface area contributed by atoms with E-state index in [1.54, 1.807) is 32.1 Å². The number of allylic oxidation sites excluding steroid dienone is 4. The molecule has 0 bridgehead atoms. The van der Waals surface area contributed by atoms with E-state index in [9.17, 15) is 24.3 Å². The second kappa shape index (κ2) is 13.1. The highest BCUT2D eigenvalue weighted by atomic mass is 16.3. The minimum absolute atomic E-state index is 0.0944. The van der Waals surface area contributed by atoms with Crippen molar-refractivity contribution in [1.29, 1.82) is 0 Å². The third-order valence-corrected chi connectivity index (χ3v) is 8.76. The summed E-state index contributed by atoms with van der Waals surface area (Å²) in [5.74, 6) is -2.01. The third kappa shape index (κ3) is 6.25. The zero-order valence-electron chi connectivity index (χ0n) is 25.0. The van der Waals surface area contributed by atoms with Crippen LogP contribution in [0, 0.1) is 11.3 Å². The molecule has 1 aliphatic carbocycles. The number of aliphatic hydroxyl groups excluding tert-OH is 1. The summed E-state index contributed by atoms with van der Waals surface area (Å²) in [5.41, 5.74) is 5.44. The topological polar surface area (TPSA) is 121 Å². The van der Waals surface area contributed by atoms with Gasteiger partial charge in [-0.2, -0.15) is 0 Å². The predicted octanol–water partition coefficient (Wildman–Crippen LogP) is 4.68. The first-order chi connectivity index (χ1) is 20.0. The first kappa shape index (κ1) is 31.3. The van der Waals surface area contributed by atoms with Gasteiger partial charge in [-0.3, -0.25) is 29.0 Å². The van der Waals surface area contributed by atoms with E-state index in [1.807, 2.05) is 55.5 Å². The number of carbonyl (C=O) groups excluding carboxylic acids is 4.